The van der Waals surface area contributed by atoms with E-state index in [1.807, 2.05) is 30.3 Å². The lowest BCUT2D eigenvalue weighted by Crippen LogP contribution is -2.59. The maximum absolute atomic E-state index is 14.6. The molecule has 4 aromatic rings. The van der Waals surface area contributed by atoms with Gasteiger partial charge in [-0.3, -0.25) is 14.8 Å². The minimum Gasteiger partial charge on any atom is -0.457 e. The van der Waals surface area contributed by atoms with E-state index in [1.165, 1.54) is 41.8 Å². The van der Waals surface area contributed by atoms with E-state index in [9.17, 15) is 35.6 Å². The van der Waals surface area contributed by atoms with E-state index in [0.29, 0.717) is 10.00 Å². The van der Waals surface area contributed by atoms with Crippen molar-refractivity contribution in [3.63, 3.8) is 0 Å². The minimum absolute atomic E-state index is 0.0359. The second-order valence-electron chi connectivity index (χ2n) is 12.0. The predicted molar refractivity (Wildman–Crippen MR) is 170 cm³/mol. The van der Waals surface area contributed by atoms with Crippen molar-refractivity contribution in [1.29, 1.82) is 0 Å². The fourth-order valence-corrected chi connectivity index (χ4v) is 7.83. The Labute approximate surface area is 280 Å². The van der Waals surface area contributed by atoms with Crippen molar-refractivity contribution in [3.05, 3.63) is 119 Å². The molecule has 9 nitrogen and oxygen atoms in total. The average Bonchev–Trinajstić information content (AvgIpc) is 3.09. The smallest absolute Gasteiger partial charge is 0.338 e. The van der Waals surface area contributed by atoms with E-state index in [-0.39, 0.29) is 49.4 Å². The Kier molecular flexibility index (Phi) is 10.1. The summed E-state index contributed by atoms with van der Waals surface area (Å²) in [7, 11) is -5.19. The highest BCUT2D eigenvalue weighted by Crippen LogP contribution is 2.35. The number of esters is 1. The molecule has 1 saturated carbocycles. The molecule has 0 radical (unpaired) electrons. The number of anilines is 1. The van der Waals surface area contributed by atoms with Crippen molar-refractivity contribution in [1.82, 2.24) is 14.3 Å². The van der Waals surface area contributed by atoms with Gasteiger partial charge in [-0.15, -0.1) is 0 Å². The number of amides is 1. The first-order valence-electron chi connectivity index (χ1n) is 15.8. The standard InChI is InChI=1S/C35H32F4N4O5S/c36-27-17-28(37)32(39)33(31(27)38)49(46,47)43-16-15-30(43)34(44)42(20-25-18-41-29(19-40-25)23-9-5-2-6-10-23)26-13-11-24(12-14-26)35(45)48-21-22-7-3-1-4-8-22/h1,3-4,7-8,11-14,17-19,23,30H,2,5-6,9-10,15-16,20-21H2/t30-/m1/s1. The summed E-state index contributed by atoms with van der Waals surface area (Å²) in [6, 6.07) is 13.4. The fraction of sp³-hybridized carbons (Fsp3) is 0.314. The third kappa shape index (κ3) is 7.20. The van der Waals surface area contributed by atoms with Gasteiger partial charge < -0.3 is 9.64 Å². The average molecular weight is 697 g/mol. The van der Waals surface area contributed by atoms with Crippen molar-refractivity contribution in [2.75, 3.05) is 11.4 Å². The highest BCUT2D eigenvalue weighted by atomic mass is 32.2. The number of hydrogen-bond donors (Lipinski definition) is 0. The quantitative estimate of drug-likeness (QED) is 0.107. The van der Waals surface area contributed by atoms with Crippen LogP contribution in [0.5, 0.6) is 0 Å². The molecule has 1 atom stereocenters. The van der Waals surface area contributed by atoms with Crippen LogP contribution < -0.4 is 4.90 Å². The van der Waals surface area contributed by atoms with Crippen LogP contribution in [0.4, 0.5) is 23.2 Å². The summed E-state index contributed by atoms with van der Waals surface area (Å²) in [4.78, 5) is 35.3. The topological polar surface area (TPSA) is 110 Å². The Morgan fingerprint density at radius 2 is 1.53 bits per heavy atom. The molecule has 0 spiro atoms. The summed E-state index contributed by atoms with van der Waals surface area (Å²) in [5.41, 5.74) is 2.44. The summed E-state index contributed by atoms with van der Waals surface area (Å²) in [6.45, 7) is -0.452. The molecule has 256 valence electrons. The SMILES string of the molecule is O=C(OCc1ccccc1)c1ccc(N(Cc2cnc(C3CCCCC3)cn2)C(=O)[C@H]2CCN2S(=O)(=O)c2c(F)c(F)cc(F)c2F)cc1. The van der Waals surface area contributed by atoms with Gasteiger partial charge in [-0.25, -0.2) is 30.8 Å². The number of ether oxygens (including phenoxy) is 1. The van der Waals surface area contributed by atoms with Gasteiger partial charge in [0.15, 0.2) is 28.2 Å². The van der Waals surface area contributed by atoms with Gasteiger partial charge >= 0.3 is 5.97 Å². The number of hydrogen-bond acceptors (Lipinski definition) is 7. The van der Waals surface area contributed by atoms with E-state index < -0.39 is 56.1 Å². The summed E-state index contributed by atoms with van der Waals surface area (Å²) >= 11 is 0. The number of carbonyl (C=O) groups is 2. The normalized spacial score (nSPS) is 16.9. The van der Waals surface area contributed by atoms with E-state index in [2.05, 4.69) is 9.97 Å². The maximum atomic E-state index is 14.6. The van der Waals surface area contributed by atoms with Crippen molar-refractivity contribution >= 4 is 27.6 Å². The molecule has 1 saturated heterocycles. The molecule has 14 heteroatoms. The number of nitrogens with zero attached hydrogens (tertiary/aromatic N) is 4. The van der Waals surface area contributed by atoms with Crippen LogP contribution >= 0.6 is 0 Å². The molecule has 0 N–H and O–H groups in total. The van der Waals surface area contributed by atoms with E-state index in [1.54, 1.807) is 6.20 Å². The van der Waals surface area contributed by atoms with Gasteiger partial charge in [0.1, 0.15) is 12.6 Å². The van der Waals surface area contributed by atoms with Crippen molar-refractivity contribution in [3.8, 4) is 0 Å². The Hall–Kier alpha value is -4.69. The second-order valence-corrected chi connectivity index (χ2v) is 13.8. The van der Waals surface area contributed by atoms with E-state index in [4.69, 9.17) is 4.74 Å². The Morgan fingerprint density at radius 1 is 0.857 bits per heavy atom. The molecule has 49 heavy (non-hydrogen) atoms. The number of halogens is 4. The van der Waals surface area contributed by atoms with Crippen LogP contribution in [0.15, 0.2) is 78.0 Å². The molecule has 2 aliphatic rings. The third-order valence-corrected chi connectivity index (χ3v) is 10.8. The van der Waals surface area contributed by atoms with Gasteiger partial charge in [0.25, 0.3) is 0 Å². The highest BCUT2D eigenvalue weighted by Gasteiger charge is 2.47. The number of benzene rings is 3. The molecular weight excluding hydrogens is 664 g/mol. The molecule has 0 unspecified atom stereocenters. The van der Waals surface area contributed by atoms with Crippen molar-refractivity contribution in [2.45, 2.75) is 68.5 Å². The van der Waals surface area contributed by atoms with Crippen molar-refractivity contribution < 1.29 is 40.3 Å². The van der Waals surface area contributed by atoms with E-state index >= 15 is 0 Å². The van der Waals surface area contributed by atoms with Crippen LogP contribution in [-0.4, -0.2) is 47.2 Å². The lowest BCUT2D eigenvalue weighted by atomic mass is 9.87. The summed E-state index contributed by atoms with van der Waals surface area (Å²) in [6.07, 6.45) is 8.53. The molecule has 3 aromatic carbocycles. The van der Waals surface area contributed by atoms with Gasteiger partial charge in [-0.1, -0.05) is 49.6 Å². The van der Waals surface area contributed by atoms with Crippen LogP contribution in [0.1, 0.15) is 71.8 Å². The van der Waals surface area contributed by atoms with E-state index in [0.717, 1.165) is 36.9 Å². The Morgan fingerprint density at radius 3 is 2.12 bits per heavy atom. The van der Waals surface area contributed by atoms with Crippen LogP contribution in [0, 0.1) is 23.3 Å². The summed E-state index contributed by atoms with van der Waals surface area (Å²) in [5, 5.41) is 0. The molecule has 2 fully saturated rings. The monoisotopic (exact) mass is 696 g/mol. The molecule has 6 rings (SSSR count). The number of aromatic nitrogens is 2. The molecular formula is C35H32F4N4O5S. The molecule has 0 bridgehead atoms. The van der Waals surface area contributed by atoms with Gasteiger partial charge in [0.05, 0.1) is 29.7 Å². The zero-order valence-corrected chi connectivity index (χ0v) is 27.0. The number of rotatable bonds is 10. The van der Waals surface area contributed by atoms with Gasteiger partial charge in [-0.05, 0) is 49.1 Å². The molecule has 1 aromatic heterocycles. The lowest BCUT2D eigenvalue weighted by Gasteiger charge is -2.41. The maximum Gasteiger partial charge on any atom is 0.338 e. The summed E-state index contributed by atoms with van der Waals surface area (Å²) in [5.74, 6) is -9.07. The molecule has 2 heterocycles. The van der Waals surface area contributed by atoms with Crippen LogP contribution in [-0.2, 0) is 32.7 Å². The predicted octanol–water partition coefficient (Wildman–Crippen LogP) is 6.43. The first-order chi connectivity index (χ1) is 23.5. The largest absolute Gasteiger partial charge is 0.457 e. The van der Waals surface area contributed by atoms with Crippen LogP contribution in [0.3, 0.4) is 0 Å². The van der Waals surface area contributed by atoms with Crippen molar-refractivity contribution in [2.24, 2.45) is 0 Å². The van der Waals surface area contributed by atoms with Crippen LogP contribution in [0.2, 0.25) is 0 Å². The minimum atomic E-state index is -5.19. The zero-order valence-electron chi connectivity index (χ0n) is 26.2. The Balaban J connectivity index is 1.27. The van der Waals surface area contributed by atoms with Crippen LogP contribution in [0.25, 0.3) is 0 Å². The number of sulfonamides is 1. The lowest BCUT2D eigenvalue weighted by molar-refractivity contribution is -0.125. The Bertz CT molecular complexity index is 1920. The first-order valence-corrected chi connectivity index (χ1v) is 17.3. The third-order valence-electron chi connectivity index (χ3n) is 8.86. The van der Waals surface area contributed by atoms with Gasteiger partial charge in [0.2, 0.25) is 15.9 Å². The highest BCUT2D eigenvalue weighted by molar-refractivity contribution is 7.89. The zero-order chi connectivity index (χ0) is 34.7. The van der Waals surface area contributed by atoms with Gasteiger partial charge in [-0.2, -0.15) is 4.31 Å². The van der Waals surface area contributed by atoms with Gasteiger partial charge in [0, 0.05) is 30.4 Å². The molecule has 1 aliphatic carbocycles. The summed E-state index contributed by atoms with van der Waals surface area (Å²) < 4.78 is 89.7. The molecule has 1 amide bonds. The second kappa shape index (κ2) is 14.4. The number of carbonyl (C=O) groups excluding carboxylic acids is 2. The molecule has 1 aliphatic heterocycles. The fourth-order valence-electron chi connectivity index (χ4n) is 6.07. The first kappa shape index (κ1) is 34.2.